The number of hydrogen-bond donors (Lipinski definition) is 0. The number of benzene rings is 5. The predicted octanol–water partition coefficient (Wildman–Crippen LogP) is 12.7. The summed E-state index contributed by atoms with van der Waals surface area (Å²) in [4.78, 5) is 0. The SMILES string of the molecule is C[C](c1ccc(C)cc1)=[Zr]([C]1=CC=CC1)[CH]1c2cc(-c3ccccc3)c(C(C)(C)C)cc2-c2cc(C(C)(C)C)c(-c3ccccc3)cc21. The van der Waals surface area contributed by atoms with E-state index in [-0.39, 0.29) is 10.8 Å². The second-order valence-electron chi connectivity index (χ2n) is 15.9. The second-order valence-corrected chi connectivity index (χ2v) is 22.7. The van der Waals surface area contributed by atoms with Gasteiger partial charge in [0.1, 0.15) is 0 Å². The minimum absolute atomic E-state index is 0.00127. The van der Waals surface area contributed by atoms with Crippen LogP contribution in [0.2, 0.25) is 0 Å². The summed E-state index contributed by atoms with van der Waals surface area (Å²) in [7, 11) is 0. The molecular formula is C47H48Zr. The Morgan fingerprint density at radius 3 is 1.50 bits per heavy atom. The van der Waals surface area contributed by atoms with E-state index < -0.39 is 21.3 Å². The van der Waals surface area contributed by atoms with E-state index in [1.807, 2.05) is 0 Å². The maximum absolute atomic E-state index is 2.63. The molecule has 0 aliphatic heterocycles. The first-order valence-electron chi connectivity index (χ1n) is 17.5. The van der Waals surface area contributed by atoms with E-state index >= 15 is 0 Å². The zero-order valence-corrected chi connectivity index (χ0v) is 32.4. The molecule has 0 aromatic heterocycles. The van der Waals surface area contributed by atoms with Crippen molar-refractivity contribution >= 4 is 3.21 Å². The molecule has 2 aliphatic rings. The first-order valence-corrected chi connectivity index (χ1v) is 21.4. The van der Waals surface area contributed by atoms with Gasteiger partial charge in [-0.15, -0.1) is 0 Å². The molecule has 48 heavy (non-hydrogen) atoms. The summed E-state index contributed by atoms with van der Waals surface area (Å²) in [6, 6.07) is 42.0. The van der Waals surface area contributed by atoms with Gasteiger partial charge < -0.3 is 0 Å². The summed E-state index contributed by atoms with van der Waals surface area (Å²) < 4.78 is 3.72. The van der Waals surface area contributed by atoms with Crippen LogP contribution in [0.3, 0.4) is 0 Å². The third-order valence-electron chi connectivity index (χ3n) is 10.4. The van der Waals surface area contributed by atoms with Crippen molar-refractivity contribution in [3.8, 4) is 33.4 Å². The Morgan fingerprint density at radius 2 is 1.08 bits per heavy atom. The average Bonchev–Trinajstić information content (AvgIpc) is 3.71. The molecule has 0 amide bonds. The monoisotopic (exact) mass is 702 g/mol. The molecule has 0 fully saturated rings. The van der Waals surface area contributed by atoms with Gasteiger partial charge in [-0.3, -0.25) is 0 Å². The van der Waals surface area contributed by atoms with Gasteiger partial charge in [0.15, 0.2) is 0 Å². The Hall–Kier alpha value is -3.67. The van der Waals surface area contributed by atoms with Gasteiger partial charge >= 0.3 is 298 Å². The van der Waals surface area contributed by atoms with Crippen molar-refractivity contribution in [1.82, 2.24) is 0 Å². The van der Waals surface area contributed by atoms with E-state index in [1.54, 1.807) is 6.49 Å². The maximum atomic E-state index is 2.63. The molecule has 2 aliphatic carbocycles. The second kappa shape index (κ2) is 12.7. The third kappa shape index (κ3) is 6.05. The van der Waals surface area contributed by atoms with Gasteiger partial charge in [0.05, 0.1) is 0 Å². The van der Waals surface area contributed by atoms with Crippen molar-refractivity contribution < 1.29 is 21.3 Å². The summed E-state index contributed by atoms with van der Waals surface area (Å²) in [5, 5.41) is 0. The van der Waals surface area contributed by atoms with Gasteiger partial charge in [0.25, 0.3) is 0 Å². The standard InChI is InChI=1S/C33H33.C9H10.C5H5.Zr/c1-32(2,3)30-20-26-24(18-28(30)22-13-9-7-10-14-22)17-25-19-29(23-15-11-8-12-16-23)31(21-27(25)26)33(4,5)6;1-3-9-6-4-8(2)5-7-9;1-2-4-5-3-1;/h7-21H,1-6H3;4-7H,1-2H3;1-3H,4H2;. The van der Waals surface area contributed by atoms with E-state index in [4.69, 9.17) is 0 Å². The summed E-state index contributed by atoms with van der Waals surface area (Å²) in [6.07, 6.45) is 8.25. The Kier molecular flexibility index (Phi) is 8.66. The van der Waals surface area contributed by atoms with Crippen molar-refractivity contribution in [1.29, 1.82) is 0 Å². The van der Waals surface area contributed by atoms with Crippen molar-refractivity contribution in [3.05, 3.63) is 164 Å². The zero-order valence-electron chi connectivity index (χ0n) is 29.9. The van der Waals surface area contributed by atoms with Crippen molar-refractivity contribution in [3.63, 3.8) is 0 Å². The number of aryl methyl sites for hydroxylation is 1. The van der Waals surface area contributed by atoms with Gasteiger partial charge in [-0.25, -0.2) is 0 Å². The first kappa shape index (κ1) is 32.9. The van der Waals surface area contributed by atoms with E-state index in [1.165, 1.54) is 66.8 Å². The van der Waals surface area contributed by atoms with Crippen LogP contribution >= 0.6 is 0 Å². The topological polar surface area (TPSA) is 0 Å². The van der Waals surface area contributed by atoms with Crippen molar-refractivity contribution in [2.45, 2.75) is 76.3 Å². The molecule has 0 unspecified atom stereocenters. The van der Waals surface area contributed by atoms with Crippen LogP contribution < -0.4 is 0 Å². The van der Waals surface area contributed by atoms with E-state index in [0.717, 1.165) is 6.42 Å². The van der Waals surface area contributed by atoms with Crippen LogP contribution in [0.15, 0.2) is 131 Å². The summed E-state index contributed by atoms with van der Waals surface area (Å²) >= 11 is -2.61. The summed E-state index contributed by atoms with van der Waals surface area (Å²) in [6.45, 7) is 18.9. The summed E-state index contributed by atoms with van der Waals surface area (Å²) in [5.74, 6) is 0. The molecule has 0 spiro atoms. The molecule has 0 atom stereocenters. The minimum atomic E-state index is -2.61. The normalized spacial score (nSPS) is 14.9. The molecule has 1 heteroatoms. The van der Waals surface area contributed by atoms with Crippen molar-refractivity contribution in [2.75, 3.05) is 0 Å². The van der Waals surface area contributed by atoms with Gasteiger partial charge in [-0.2, -0.15) is 0 Å². The van der Waals surface area contributed by atoms with Crippen LogP contribution in [0.25, 0.3) is 33.4 Å². The molecule has 0 nitrogen and oxygen atoms in total. The number of hydrogen-bond acceptors (Lipinski definition) is 0. The van der Waals surface area contributed by atoms with E-state index in [2.05, 4.69) is 183 Å². The van der Waals surface area contributed by atoms with Gasteiger partial charge in [-0.05, 0) is 0 Å². The van der Waals surface area contributed by atoms with Crippen LogP contribution in [0.4, 0.5) is 0 Å². The molecule has 0 bridgehead atoms. The predicted molar refractivity (Wildman–Crippen MR) is 205 cm³/mol. The van der Waals surface area contributed by atoms with Crippen LogP contribution in [0.1, 0.15) is 91.9 Å². The Bertz CT molecular complexity index is 1980. The molecule has 0 radical (unpaired) electrons. The van der Waals surface area contributed by atoms with E-state index in [0.29, 0.717) is 3.63 Å². The zero-order chi connectivity index (χ0) is 33.8. The van der Waals surface area contributed by atoms with Gasteiger partial charge in [-0.1, -0.05) is 0 Å². The fraction of sp³-hybridized carbons (Fsp3) is 0.255. The van der Waals surface area contributed by atoms with Crippen molar-refractivity contribution in [2.24, 2.45) is 0 Å². The first-order chi connectivity index (χ1) is 22.9. The fourth-order valence-corrected chi connectivity index (χ4v) is 16.4. The third-order valence-corrected chi connectivity index (χ3v) is 18.6. The molecular weight excluding hydrogens is 656 g/mol. The van der Waals surface area contributed by atoms with Gasteiger partial charge in [0.2, 0.25) is 0 Å². The Balaban J connectivity index is 1.61. The quantitative estimate of drug-likeness (QED) is 0.171. The fourth-order valence-electron chi connectivity index (χ4n) is 7.86. The van der Waals surface area contributed by atoms with Crippen LogP contribution in [-0.4, -0.2) is 3.21 Å². The molecule has 7 rings (SSSR count). The summed E-state index contributed by atoms with van der Waals surface area (Å²) in [5.41, 5.74) is 16.9. The molecule has 0 N–H and O–H groups in total. The molecule has 5 aromatic rings. The molecule has 0 saturated carbocycles. The number of allylic oxidation sites excluding steroid dienone is 4. The molecule has 0 heterocycles. The molecule has 0 saturated heterocycles. The molecule has 240 valence electrons. The van der Waals surface area contributed by atoms with Crippen LogP contribution in [-0.2, 0) is 32.1 Å². The Labute approximate surface area is 296 Å². The number of fused-ring (bicyclic) bond motifs is 3. The van der Waals surface area contributed by atoms with Crippen LogP contribution in [0.5, 0.6) is 0 Å². The average molecular weight is 704 g/mol. The number of rotatable bonds is 5. The van der Waals surface area contributed by atoms with Crippen LogP contribution in [0, 0.1) is 6.92 Å². The molecule has 5 aromatic carbocycles. The van der Waals surface area contributed by atoms with E-state index in [9.17, 15) is 0 Å². The Morgan fingerprint density at radius 1 is 0.604 bits per heavy atom. The van der Waals surface area contributed by atoms with Gasteiger partial charge in [0, 0.05) is 0 Å².